The first-order chi connectivity index (χ1) is 13.2. The van der Waals surface area contributed by atoms with Crippen LogP contribution in [0.25, 0.3) is 22.3 Å². The normalized spacial score (nSPS) is 15.6. The molecule has 0 saturated heterocycles. The molecule has 0 spiro atoms. The third-order valence-electron chi connectivity index (χ3n) is 3.75. The Labute approximate surface area is 178 Å². The van der Waals surface area contributed by atoms with E-state index in [1.165, 1.54) is 0 Å². The number of aryl methyl sites for hydroxylation is 2. The molecule has 0 amide bonds. The number of imidazole rings is 2. The van der Waals surface area contributed by atoms with E-state index in [0.29, 0.717) is 23.4 Å². The molecule has 4 heterocycles. The molecule has 0 bridgehead atoms. The predicted molar refractivity (Wildman–Crippen MR) is 99.7 cm³/mol. The van der Waals surface area contributed by atoms with Gasteiger partial charge in [0.25, 0.3) is 0 Å². The zero-order chi connectivity index (χ0) is 18.6. The number of allylic oxidation sites excluding steroid dienone is 8. The number of aromatic nitrogens is 4. The summed E-state index contributed by atoms with van der Waals surface area (Å²) in [5, 5.41) is 9.16. The smallest absolute Gasteiger partial charge is 0.514 e. The molecule has 7 nitrogen and oxygen atoms in total. The third kappa shape index (κ3) is 4.61. The van der Waals surface area contributed by atoms with E-state index in [1.807, 2.05) is 84.5 Å². The summed E-state index contributed by atoms with van der Waals surface area (Å²) in [6, 6.07) is 0. The van der Waals surface area contributed by atoms with Crippen LogP contribution in [-0.4, -0.2) is 9.13 Å². The molecule has 0 unspecified atom stereocenters. The van der Waals surface area contributed by atoms with Crippen LogP contribution in [0.2, 0.25) is 0 Å². The summed E-state index contributed by atoms with van der Waals surface area (Å²) in [5.41, 5.74) is 0. The van der Waals surface area contributed by atoms with Crippen LogP contribution in [0.4, 0.5) is 0 Å². The summed E-state index contributed by atoms with van der Waals surface area (Å²) in [4.78, 5) is 0. The van der Waals surface area contributed by atoms with Gasteiger partial charge >= 0.3 is 21.1 Å². The fourth-order valence-corrected chi connectivity index (χ4v) is 2.48. The van der Waals surface area contributed by atoms with Gasteiger partial charge in [0.2, 0.25) is 0 Å². The molecule has 142 valence electrons. The topological polar surface area (TPSA) is 55.1 Å². The van der Waals surface area contributed by atoms with Gasteiger partial charge in [-0.05, 0) is 24.5 Å². The number of nitrogens with zero attached hydrogens (tertiary/aromatic N) is 6. The maximum atomic E-state index is 5.95. The Morgan fingerprint density at radius 2 is 1.18 bits per heavy atom. The molecule has 0 aromatic carbocycles. The van der Waals surface area contributed by atoms with Gasteiger partial charge in [0.1, 0.15) is 11.8 Å². The van der Waals surface area contributed by atoms with Crippen LogP contribution in [0.1, 0.15) is 0 Å². The van der Waals surface area contributed by atoms with E-state index in [-0.39, 0.29) is 21.1 Å². The largest absolute Gasteiger partial charge is 4.00 e. The van der Waals surface area contributed by atoms with Gasteiger partial charge in [-0.1, -0.05) is 24.3 Å². The second-order valence-corrected chi connectivity index (χ2v) is 5.91. The van der Waals surface area contributed by atoms with Crippen molar-refractivity contribution in [1.82, 2.24) is 9.13 Å². The summed E-state index contributed by atoms with van der Waals surface area (Å²) >= 11 is 0. The SMILES string of the molecule is C[n+]1[c-]n(C2=CC=CC=C(OC3=CC=CC=C(n4[c-][n+](C)cc4)[N-]3)[N-]2)cc1.[Pt+4]. The fourth-order valence-electron chi connectivity index (χ4n) is 2.48. The molecule has 0 aliphatic carbocycles. The first-order valence-electron chi connectivity index (χ1n) is 8.39. The van der Waals surface area contributed by atoms with Crippen molar-refractivity contribution in [3.8, 4) is 0 Å². The molecule has 0 atom stereocenters. The molecule has 0 saturated carbocycles. The van der Waals surface area contributed by atoms with Crippen LogP contribution in [0.5, 0.6) is 0 Å². The monoisotopic (exact) mass is 553 g/mol. The Bertz CT molecular complexity index is 953. The van der Waals surface area contributed by atoms with E-state index in [9.17, 15) is 0 Å². The number of rotatable bonds is 4. The second-order valence-electron chi connectivity index (χ2n) is 5.91. The average molecular weight is 553 g/mol. The van der Waals surface area contributed by atoms with Gasteiger partial charge in [0.15, 0.2) is 0 Å². The maximum Gasteiger partial charge on any atom is 4.00 e. The van der Waals surface area contributed by atoms with Crippen LogP contribution in [0.3, 0.4) is 0 Å². The molecule has 0 radical (unpaired) electrons. The van der Waals surface area contributed by atoms with Gasteiger partial charge < -0.3 is 33.6 Å². The van der Waals surface area contributed by atoms with Crippen molar-refractivity contribution in [1.29, 1.82) is 0 Å². The minimum atomic E-state index is 0. The van der Waals surface area contributed by atoms with Crippen LogP contribution in [0, 0.1) is 12.7 Å². The van der Waals surface area contributed by atoms with E-state index >= 15 is 0 Å². The van der Waals surface area contributed by atoms with Crippen LogP contribution < -0.4 is 9.13 Å². The minimum Gasteiger partial charge on any atom is -0.514 e. The zero-order valence-electron chi connectivity index (χ0n) is 15.3. The number of hydrogen-bond donors (Lipinski definition) is 0. The first kappa shape index (κ1) is 19.7. The molecule has 2 aliphatic rings. The fraction of sp³-hybridized carbons (Fsp3) is 0.100. The summed E-state index contributed by atoms with van der Waals surface area (Å²) in [7, 11) is 3.81. The first-order valence-corrected chi connectivity index (χ1v) is 8.39. The minimum absolute atomic E-state index is 0. The van der Waals surface area contributed by atoms with Crippen molar-refractivity contribution < 1.29 is 34.9 Å². The molecule has 28 heavy (non-hydrogen) atoms. The van der Waals surface area contributed by atoms with Gasteiger partial charge in [0, 0.05) is 12.7 Å². The molecule has 0 N–H and O–H groups in total. The summed E-state index contributed by atoms with van der Waals surface area (Å²) < 4.78 is 13.2. The third-order valence-corrected chi connectivity index (χ3v) is 3.75. The van der Waals surface area contributed by atoms with Crippen molar-refractivity contribution in [3.05, 3.63) is 108 Å². The Hall–Kier alpha value is -3.05. The molecular formula is C20H18N6OPt+2. The summed E-state index contributed by atoms with van der Waals surface area (Å²) in [5.74, 6) is 2.27. The predicted octanol–water partition coefficient (Wildman–Crippen LogP) is 2.42. The molecule has 8 heteroatoms. The van der Waals surface area contributed by atoms with Crippen molar-refractivity contribution in [2.75, 3.05) is 0 Å². The van der Waals surface area contributed by atoms with Gasteiger partial charge in [-0.25, -0.2) is 0 Å². The van der Waals surface area contributed by atoms with Crippen LogP contribution >= 0.6 is 0 Å². The quantitative estimate of drug-likeness (QED) is 0.424. The molecular weight excluding hydrogens is 535 g/mol. The average Bonchev–Trinajstić information content (AvgIpc) is 3.11. The van der Waals surface area contributed by atoms with Gasteiger partial charge in [-0.2, -0.15) is 12.4 Å². The van der Waals surface area contributed by atoms with E-state index in [0.717, 1.165) is 0 Å². The Kier molecular flexibility index (Phi) is 6.16. The standard InChI is InChI=1S/C20H18N6O.Pt/c1-23-11-13-25(15-23)17-7-3-5-9-19(21-17)27-20-10-6-4-8-18(22-20)26-14-12-24(2)16-26;/h3-14H,1-2H3;/q-2;+4. The Morgan fingerprint density at radius 1 is 0.750 bits per heavy atom. The van der Waals surface area contributed by atoms with Crippen LogP contribution in [-0.2, 0) is 39.9 Å². The van der Waals surface area contributed by atoms with E-state index < -0.39 is 0 Å². The van der Waals surface area contributed by atoms with Gasteiger partial charge in [0.05, 0.1) is 14.1 Å². The van der Waals surface area contributed by atoms with Crippen molar-refractivity contribution in [2.24, 2.45) is 14.1 Å². The van der Waals surface area contributed by atoms with Gasteiger partial charge in [-0.3, -0.25) is 0 Å². The Morgan fingerprint density at radius 3 is 1.57 bits per heavy atom. The molecule has 2 aromatic heterocycles. The van der Waals surface area contributed by atoms with Crippen molar-refractivity contribution >= 4 is 11.6 Å². The second kappa shape index (κ2) is 8.76. The molecule has 2 aliphatic heterocycles. The van der Waals surface area contributed by atoms with E-state index in [4.69, 9.17) is 4.74 Å². The number of ether oxygens (including phenoxy) is 1. The Balaban J connectivity index is 0.00000225. The van der Waals surface area contributed by atoms with Crippen molar-refractivity contribution in [2.45, 2.75) is 0 Å². The number of hydrogen-bond acceptors (Lipinski definition) is 1. The molecule has 0 fully saturated rings. The summed E-state index contributed by atoms with van der Waals surface area (Å²) in [6.45, 7) is 0. The molecule has 2 aromatic rings. The van der Waals surface area contributed by atoms with Gasteiger partial charge in [-0.15, -0.1) is 23.8 Å². The van der Waals surface area contributed by atoms with Crippen LogP contribution in [0.15, 0.2) is 85.2 Å². The van der Waals surface area contributed by atoms with E-state index in [1.54, 1.807) is 21.3 Å². The van der Waals surface area contributed by atoms with E-state index in [2.05, 4.69) is 23.3 Å². The summed E-state index contributed by atoms with van der Waals surface area (Å²) in [6.07, 6.45) is 28.7. The molecule has 4 rings (SSSR count). The van der Waals surface area contributed by atoms with Crippen molar-refractivity contribution in [3.63, 3.8) is 0 Å². The maximum absolute atomic E-state index is 5.95. The zero-order valence-corrected chi connectivity index (χ0v) is 17.6.